The summed E-state index contributed by atoms with van der Waals surface area (Å²) in [6, 6.07) is 5.72. The van der Waals surface area contributed by atoms with Crippen LogP contribution < -0.4 is 5.32 Å². The highest BCUT2D eigenvalue weighted by atomic mass is 79.9. The molecule has 0 spiro atoms. The lowest BCUT2D eigenvalue weighted by Crippen LogP contribution is -2.13. The minimum atomic E-state index is -0.620. The number of nitrogens with one attached hydrogen (secondary N) is 2. The highest BCUT2D eigenvalue weighted by molar-refractivity contribution is 9.10. The molecule has 128 valence electrons. The average molecular weight is 424 g/mol. The van der Waals surface area contributed by atoms with Crippen LogP contribution in [-0.2, 0) is 4.74 Å². The number of aromatic nitrogens is 2. The zero-order valence-corrected chi connectivity index (χ0v) is 15.2. The number of nitrogens with zero attached hydrogens (tertiary/aromatic N) is 1. The van der Waals surface area contributed by atoms with Crippen molar-refractivity contribution in [1.29, 1.82) is 0 Å². The van der Waals surface area contributed by atoms with Crippen molar-refractivity contribution in [3.8, 4) is 11.3 Å². The van der Waals surface area contributed by atoms with E-state index in [0.717, 1.165) is 0 Å². The normalized spacial score (nSPS) is 10.5. The smallest absolute Gasteiger partial charge is 0.354 e. The molecule has 2 N–H and O–H groups in total. The molecule has 3 rings (SSSR count). The Labute approximate surface area is 154 Å². The number of amides is 1. The largest absolute Gasteiger partial charge is 0.464 e. The monoisotopic (exact) mass is 423 g/mol. The number of methoxy groups -OCH3 is 1. The van der Waals surface area contributed by atoms with E-state index in [0.29, 0.717) is 26.6 Å². The van der Waals surface area contributed by atoms with Crippen LogP contribution in [0, 0.1) is 5.82 Å². The first-order valence-corrected chi connectivity index (χ1v) is 8.64. The Kier molecular flexibility index (Phi) is 4.95. The fourth-order valence-corrected chi connectivity index (χ4v) is 3.15. The summed E-state index contributed by atoms with van der Waals surface area (Å²) in [5.74, 6) is -1.70. The summed E-state index contributed by atoms with van der Waals surface area (Å²) in [7, 11) is 1.29. The summed E-state index contributed by atoms with van der Waals surface area (Å²) < 4.78 is 19.0. The third-order valence-corrected chi connectivity index (χ3v) is 4.53. The van der Waals surface area contributed by atoms with Crippen LogP contribution in [0.15, 0.2) is 40.3 Å². The van der Waals surface area contributed by atoms with E-state index in [1.54, 1.807) is 17.6 Å². The first-order valence-electron chi connectivity index (χ1n) is 6.97. The lowest BCUT2D eigenvalue weighted by Gasteiger charge is -2.03. The molecule has 0 aliphatic heterocycles. The van der Waals surface area contributed by atoms with Crippen LogP contribution in [0.1, 0.15) is 20.8 Å². The summed E-state index contributed by atoms with van der Waals surface area (Å²) in [4.78, 5) is 30.7. The zero-order valence-electron chi connectivity index (χ0n) is 12.8. The van der Waals surface area contributed by atoms with Gasteiger partial charge in [-0.15, -0.1) is 11.3 Å². The van der Waals surface area contributed by atoms with Crippen LogP contribution in [0.3, 0.4) is 0 Å². The number of H-pyrrole nitrogens is 1. The lowest BCUT2D eigenvalue weighted by molar-refractivity contribution is 0.0594. The van der Waals surface area contributed by atoms with Crippen LogP contribution in [-0.4, -0.2) is 29.0 Å². The summed E-state index contributed by atoms with van der Waals surface area (Å²) in [5, 5.41) is 4.60. The van der Waals surface area contributed by atoms with Crippen LogP contribution in [0.5, 0.6) is 0 Å². The lowest BCUT2D eigenvalue weighted by atomic mass is 10.2. The van der Waals surface area contributed by atoms with Gasteiger partial charge in [-0.3, -0.25) is 10.1 Å². The molecule has 25 heavy (non-hydrogen) atoms. The minimum absolute atomic E-state index is 0.0826. The van der Waals surface area contributed by atoms with Gasteiger partial charge in [0.2, 0.25) is 0 Å². The van der Waals surface area contributed by atoms with E-state index >= 15 is 0 Å². The van der Waals surface area contributed by atoms with Crippen molar-refractivity contribution >= 4 is 44.3 Å². The van der Waals surface area contributed by atoms with E-state index in [-0.39, 0.29) is 5.56 Å². The summed E-state index contributed by atoms with van der Waals surface area (Å²) in [6.45, 7) is 0. The molecule has 0 saturated carbocycles. The number of anilines is 1. The van der Waals surface area contributed by atoms with Crippen molar-refractivity contribution in [3.63, 3.8) is 0 Å². The molecule has 2 aromatic heterocycles. The Morgan fingerprint density at radius 1 is 1.36 bits per heavy atom. The molecule has 1 aromatic carbocycles. The SMILES string of the molecule is COC(=O)c1cc(-c2csc(NC(=O)c3cc(Br)ccc3F)n2)c[nH]1. The van der Waals surface area contributed by atoms with Crippen molar-refractivity contribution < 1.29 is 18.7 Å². The Hall–Kier alpha value is -2.52. The van der Waals surface area contributed by atoms with Gasteiger partial charge >= 0.3 is 5.97 Å². The molecule has 6 nitrogen and oxygen atoms in total. The van der Waals surface area contributed by atoms with Crippen LogP contribution in [0.4, 0.5) is 9.52 Å². The number of carbonyl (C=O) groups is 2. The van der Waals surface area contributed by atoms with Crippen LogP contribution in [0.2, 0.25) is 0 Å². The topological polar surface area (TPSA) is 84.1 Å². The van der Waals surface area contributed by atoms with Crippen LogP contribution in [0.25, 0.3) is 11.3 Å². The molecule has 9 heteroatoms. The Balaban J connectivity index is 1.77. The van der Waals surface area contributed by atoms with Gasteiger partial charge in [0.25, 0.3) is 5.91 Å². The van der Waals surface area contributed by atoms with Crippen molar-refractivity contribution in [2.75, 3.05) is 12.4 Å². The van der Waals surface area contributed by atoms with Gasteiger partial charge in [-0.1, -0.05) is 15.9 Å². The van der Waals surface area contributed by atoms with E-state index in [9.17, 15) is 14.0 Å². The fraction of sp³-hybridized carbons (Fsp3) is 0.0625. The van der Waals surface area contributed by atoms with E-state index in [1.165, 1.54) is 36.6 Å². The molecular formula is C16H11BrFN3O3S. The highest BCUT2D eigenvalue weighted by Crippen LogP contribution is 2.26. The van der Waals surface area contributed by atoms with Gasteiger partial charge < -0.3 is 9.72 Å². The second kappa shape index (κ2) is 7.16. The Morgan fingerprint density at radius 3 is 2.92 bits per heavy atom. The van der Waals surface area contributed by atoms with Gasteiger partial charge in [0.1, 0.15) is 11.5 Å². The average Bonchev–Trinajstić information content (AvgIpc) is 3.25. The number of ether oxygens (including phenoxy) is 1. The molecule has 0 bridgehead atoms. The number of thiazole rings is 1. The molecule has 0 saturated heterocycles. The molecule has 0 aliphatic rings. The van der Waals surface area contributed by atoms with E-state index in [1.807, 2.05) is 0 Å². The molecule has 0 atom stereocenters. The van der Waals surface area contributed by atoms with Gasteiger partial charge in [0.05, 0.1) is 18.4 Å². The molecule has 1 amide bonds. The van der Waals surface area contributed by atoms with Gasteiger partial charge in [-0.25, -0.2) is 14.2 Å². The number of halogens is 2. The number of hydrogen-bond donors (Lipinski definition) is 2. The minimum Gasteiger partial charge on any atom is -0.464 e. The molecular weight excluding hydrogens is 413 g/mol. The van der Waals surface area contributed by atoms with Crippen LogP contribution >= 0.6 is 27.3 Å². The zero-order chi connectivity index (χ0) is 18.0. The third kappa shape index (κ3) is 3.77. The van der Waals surface area contributed by atoms with Crippen molar-refractivity contribution in [2.24, 2.45) is 0 Å². The van der Waals surface area contributed by atoms with E-state index in [4.69, 9.17) is 0 Å². The predicted molar refractivity (Wildman–Crippen MR) is 95.3 cm³/mol. The summed E-state index contributed by atoms with van der Waals surface area (Å²) in [6.07, 6.45) is 1.61. The maximum atomic E-state index is 13.8. The quantitative estimate of drug-likeness (QED) is 0.619. The summed E-state index contributed by atoms with van der Waals surface area (Å²) >= 11 is 4.40. The Bertz CT molecular complexity index is 954. The molecule has 2 heterocycles. The third-order valence-electron chi connectivity index (χ3n) is 3.28. The Morgan fingerprint density at radius 2 is 2.16 bits per heavy atom. The number of esters is 1. The van der Waals surface area contributed by atoms with Gasteiger partial charge in [-0.2, -0.15) is 0 Å². The van der Waals surface area contributed by atoms with Gasteiger partial charge in [0, 0.05) is 21.6 Å². The predicted octanol–water partition coefficient (Wildman–Crippen LogP) is 4.08. The molecule has 3 aromatic rings. The molecule has 0 aliphatic carbocycles. The van der Waals surface area contributed by atoms with E-state index in [2.05, 4.69) is 36.0 Å². The maximum absolute atomic E-state index is 13.8. The second-order valence-corrected chi connectivity index (χ2v) is 6.68. The first kappa shape index (κ1) is 17.3. The fourth-order valence-electron chi connectivity index (χ4n) is 2.07. The second-order valence-electron chi connectivity index (χ2n) is 4.91. The number of aromatic amines is 1. The molecule has 0 radical (unpaired) electrons. The van der Waals surface area contributed by atoms with Crippen molar-refractivity contribution in [2.45, 2.75) is 0 Å². The first-order chi connectivity index (χ1) is 12.0. The number of rotatable bonds is 4. The van der Waals surface area contributed by atoms with Gasteiger partial charge in [-0.05, 0) is 24.3 Å². The number of benzene rings is 1. The van der Waals surface area contributed by atoms with E-state index < -0.39 is 17.7 Å². The van der Waals surface area contributed by atoms with Crippen molar-refractivity contribution in [3.05, 3.63) is 57.4 Å². The summed E-state index contributed by atoms with van der Waals surface area (Å²) in [5.41, 5.74) is 1.46. The molecule has 0 fully saturated rings. The molecule has 0 unspecified atom stereocenters. The highest BCUT2D eigenvalue weighted by Gasteiger charge is 2.16. The van der Waals surface area contributed by atoms with Gasteiger partial charge in [0.15, 0.2) is 5.13 Å². The maximum Gasteiger partial charge on any atom is 0.354 e. The number of carbonyl (C=O) groups excluding carboxylic acids is 2. The number of hydrogen-bond acceptors (Lipinski definition) is 5. The van der Waals surface area contributed by atoms with Crippen molar-refractivity contribution in [1.82, 2.24) is 9.97 Å². The standard InChI is InChI=1S/C16H11BrFN3O3S/c1-24-15(23)12-4-8(6-19-12)13-7-25-16(20-13)21-14(22)10-5-9(17)2-3-11(10)18/h2-7,19H,1H3,(H,20,21,22).